The maximum atomic E-state index is 12.5. The van der Waals surface area contributed by atoms with Crippen molar-refractivity contribution in [3.63, 3.8) is 0 Å². The van der Waals surface area contributed by atoms with Crippen LogP contribution in [0.15, 0.2) is 12.2 Å². The van der Waals surface area contributed by atoms with Gasteiger partial charge in [0, 0.05) is 12.8 Å². The third-order valence-electron chi connectivity index (χ3n) is 14.6. The molecule has 404 valence electrons. The molecule has 0 aromatic heterocycles. The van der Waals surface area contributed by atoms with Gasteiger partial charge in [-0.3, -0.25) is 9.59 Å². The van der Waals surface area contributed by atoms with Gasteiger partial charge in [-0.1, -0.05) is 296 Å². The summed E-state index contributed by atoms with van der Waals surface area (Å²) in [4.78, 5) is 24.6. The Balaban J connectivity index is 3.38. The summed E-state index contributed by atoms with van der Waals surface area (Å²) in [5.41, 5.74) is 0. The summed E-state index contributed by atoms with van der Waals surface area (Å²) in [5.74, 6) is -0.0319. The minimum Gasteiger partial charge on any atom is -0.466 e. The second-order valence-corrected chi connectivity index (χ2v) is 21.4. The lowest BCUT2D eigenvalue weighted by Crippen LogP contribution is -2.45. The lowest BCUT2D eigenvalue weighted by Gasteiger charge is -2.22. The van der Waals surface area contributed by atoms with Crippen LogP contribution in [-0.2, 0) is 14.3 Å². The number of hydrogen-bond donors (Lipinski definition) is 3. The van der Waals surface area contributed by atoms with Crippen LogP contribution in [-0.4, -0.2) is 47.4 Å². The van der Waals surface area contributed by atoms with Gasteiger partial charge in [-0.05, 0) is 51.4 Å². The highest BCUT2D eigenvalue weighted by atomic mass is 16.5. The first-order valence-corrected chi connectivity index (χ1v) is 30.9. The van der Waals surface area contributed by atoms with Crippen molar-refractivity contribution < 1.29 is 24.5 Å². The van der Waals surface area contributed by atoms with E-state index >= 15 is 0 Å². The molecule has 0 fully saturated rings. The predicted molar refractivity (Wildman–Crippen MR) is 297 cm³/mol. The number of carbonyl (C=O) groups excluding carboxylic acids is 2. The van der Waals surface area contributed by atoms with Crippen LogP contribution in [0.5, 0.6) is 0 Å². The lowest BCUT2D eigenvalue weighted by atomic mass is 10.0. The van der Waals surface area contributed by atoms with Gasteiger partial charge in [0.05, 0.1) is 25.4 Å². The fourth-order valence-electron chi connectivity index (χ4n) is 9.81. The van der Waals surface area contributed by atoms with Crippen molar-refractivity contribution in [2.45, 2.75) is 360 Å². The molecule has 6 nitrogen and oxygen atoms in total. The molecule has 0 spiro atoms. The van der Waals surface area contributed by atoms with Crippen molar-refractivity contribution in [1.82, 2.24) is 5.32 Å². The fourth-order valence-corrected chi connectivity index (χ4v) is 9.81. The van der Waals surface area contributed by atoms with E-state index in [1.807, 2.05) is 0 Å². The zero-order valence-electron chi connectivity index (χ0n) is 46.1. The molecule has 2 atom stereocenters. The first kappa shape index (κ1) is 66.6. The molecule has 2 unspecified atom stereocenters. The third-order valence-corrected chi connectivity index (χ3v) is 14.6. The second kappa shape index (κ2) is 58.2. The number of esters is 1. The Morgan fingerprint density at radius 3 is 1.04 bits per heavy atom. The molecule has 0 rings (SSSR count). The molecule has 0 aromatic carbocycles. The van der Waals surface area contributed by atoms with Crippen LogP contribution >= 0.6 is 0 Å². The average molecular weight is 961 g/mol. The number of allylic oxidation sites excluding steroid dienone is 2. The predicted octanol–water partition coefficient (Wildman–Crippen LogP) is 19.2. The Labute approximate surface area is 425 Å². The summed E-state index contributed by atoms with van der Waals surface area (Å²) >= 11 is 0. The van der Waals surface area contributed by atoms with Crippen molar-refractivity contribution in [1.29, 1.82) is 0 Å². The summed E-state index contributed by atoms with van der Waals surface area (Å²) in [6.07, 6.45) is 69.2. The molecule has 0 aromatic rings. The van der Waals surface area contributed by atoms with Gasteiger partial charge in [0.25, 0.3) is 0 Å². The molecule has 1 amide bonds. The van der Waals surface area contributed by atoms with Crippen LogP contribution in [0.1, 0.15) is 348 Å². The van der Waals surface area contributed by atoms with Gasteiger partial charge in [-0.25, -0.2) is 0 Å². The van der Waals surface area contributed by atoms with Gasteiger partial charge in [-0.2, -0.15) is 0 Å². The van der Waals surface area contributed by atoms with Gasteiger partial charge >= 0.3 is 5.97 Å². The molecule has 68 heavy (non-hydrogen) atoms. The van der Waals surface area contributed by atoms with Gasteiger partial charge in [0.1, 0.15) is 0 Å². The maximum absolute atomic E-state index is 12.5. The smallest absolute Gasteiger partial charge is 0.305 e. The molecule has 0 saturated carbocycles. The number of ether oxygens (including phenoxy) is 1. The van der Waals surface area contributed by atoms with E-state index in [4.69, 9.17) is 4.74 Å². The van der Waals surface area contributed by atoms with Gasteiger partial charge in [-0.15, -0.1) is 0 Å². The molecule has 3 N–H and O–H groups in total. The number of hydrogen-bond acceptors (Lipinski definition) is 5. The molecule has 0 aliphatic carbocycles. The molecule has 0 aliphatic rings. The van der Waals surface area contributed by atoms with Crippen LogP contribution in [0.4, 0.5) is 0 Å². The van der Waals surface area contributed by atoms with Crippen LogP contribution < -0.4 is 5.32 Å². The maximum Gasteiger partial charge on any atom is 0.305 e. The Bertz CT molecular complexity index is 1020. The summed E-state index contributed by atoms with van der Waals surface area (Å²) in [6, 6.07) is -0.545. The molecule has 0 bridgehead atoms. The van der Waals surface area contributed by atoms with Crippen molar-refractivity contribution in [3.05, 3.63) is 12.2 Å². The van der Waals surface area contributed by atoms with E-state index < -0.39 is 12.1 Å². The highest BCUT2D eigenvalue weighted by Crippen LogP contribution is 2.18. The van der Waals surface area contributed by atoms with Gasteiger partial charge < -0.3 is 20.3 Å². The fraction of sp³-hybridized carbons (Fsp3) is 0.935. The van der Waals surface area contributed by atoms with Crippen molar-refractivity contribution in [2.75, 3.05) is 13.2 Å². The van der Waals surface area contributed by atoms with E-state index in [1.54, 1.807) is 0 Å². The van der Waals surface area contributed by atoms with E-state index in [1.165, 1.54) is 270 Å². The Hall–Kier alpha value is -1.40. The van der Waals surface area contributed by atoms with E-state index in [9.17, 15) is 19.8 Å². The van der Waals surface area contributed by atoms with Crippen LogP contribution in [0.2, 0.25) is 0 Å². The molecule has 6 heteroatoms. The Kier molecular flexibility index (Phi) is 57.0. The summed E-state index contributed by atoms with van der Waals surface area (Å²) in [6.45, 7) is 4.96. The van der Waals surface area contributed by atoms with Crippen molar-refractivity contribution in [3.8, 4) is 0 Å². The topological polar surface area (TPSA) is 95.9 Å². The zero-order chi connectivity index (χ0) is 49.3. The number of carbonyl (C=O) groups is 2. The van der Waals surface area contributed by atoms with Gasteiger partial charge in [0.2, 0.25) is 5.91 Å². The summed E-state index contributed by atoms with van der Waals surface area (Å²) < 4.78 is 5.50. The van der Waals surface area contributed by atoms with Crippen molar-refractivity contribution in [2.24, 2.45) is 0 Å². The van der Waals surface area contributed by atoms with Crippen LogP contribution in [0.25, 0.3) is 0 Å². The number of rotatable bonds is 58. The quantitative estimate of drug-likeness (QED) is 0.0321. The summed E-state index contributed by atoms with van der Waals surface area (Å²) in [7, 11) is 0. The van der Waals surface area contributed by atoms with Gasteiger partial charge in [0.15, 0.2) is 0 Å². The SMILES string of the molecule is CCCCCCCC/C=C\CCCCCCCCCCCC(=O)OCCCCCCCCCCCCCCCCCCCC(=O)NC(CO)C(O)CCCCCCCCCCCCCCCCC. The van der Waals surface area contributed by atoms with Crippen LogP contribution in [0.3, 0.4) is 0 Å². The molecular formula is C62H121NO5. The number of aliphatic hydroxyl groups excluding tert-OH is 2. The Morgan fingerprint density at radius 2 is 0.691 bits per heavy atom. The number of unbranched alkanes of at least 4 members (excludes halogenated alkanes) is 45. The average Bonchev–Trinajstić information content (AvgIpc) is 3.34. The normalized spacial score (nSPS) is 12.6. The van der Waals surface area contributed by atoms with E-state index in [0.29, 0.717) is 25.9 Å². The third kappa shape index (κ3) is 53.9. The first-order valence-electron chi connectivity index (χ1n) is 30.9. The minimum absolute atomic E-state index is 0.00584. The van der Waals surface area contributed by atoms with Crippen molar-refractivity contribution >= 4 is 11.9 Å². The molecule has 0 aliphatic heterocycles. The highest BCUT2D eigenvalue weighted by molar-refractivity contribution is 5.76. The first-order chi connectivity index (χ1) is 33.5. The Morgan fingerprint density at radius 1 is 0.397 bits per heavy atom. The standard InChI is InChI=1S/C62H121NO5/c1-3-5-7-9-11-13-15-17-19-20-21-24-28-32-36-40-44-48-52-56-62(67)68-57-53-49-45-41-37-33-29-25-22-23-27-31-35-39-43-47-51-55-61(66)63-59(58-64)60(65)54-50-46-42-38-34-30-26-18-16-14-12-10-8-6-4-2/h17,19,59-60,64-65H,3-16,18,20-58H2,1-2H3,(H,63,66)/b19-17-. The molecular weight excluding hydrogens is 839 g/mol. The molecule has 0 heterocycles. The van der Waals surface area contributed by atoms with E-state index in [-0.39, 0.29) is 18.5 Å². The zero-order valence-corrected chi connectivity index (χ0v) is 46.1. The largest absolute Gasteiger partial charge is 0.466 e. The molecule has 0 saturated heterocycles. The number of amides is 1. The monoisotopic (exact) mass is 960 g/mol. The molecule has 0 radical (unpaired) electrons. The minimum atomic E-state index is -0.667. The van der Waals surface area contributed by atoms with E-state index in [0.717, 1.165) is 44.9 Å². The lowest BCUT2D eigenvalue weighted by molar-refractivity contribution is -0.143. The summed E-state index contributed by atoms with van der Waals surface area (Å²) in [5, 5.41) is 23.3. The van der Waals surface area contributed by atoms with E-state index in [2.05, 4.69) is 31.3 Å². The number of aliphatic hydroxyl groups is 2. The highest BCUT2D eigenvalue weighted by Gasteiger charge is 2.20. The second-order valence-electron chi connectivity index (χ2n) is 21.4. The van der Waals surface area contributed by atoms with Crippen LogP contribution in [0, 0.1) is 0 Å². The number of nitrogens with one attached hydrogen (secondary N) is 1.